The predicted octanol–water partition coefficient (Wildman–Crippen LogP) is 3.54. The highest BCUT2D eigenvalue weighted by Gasteiger charge is 2.25. The highest BCUT2D eigenvalue weighted by atomic mass is 35.5. The van der Waals surface area contributed by atoms with Crippen LogP contribution < -0.4 is 5.32 Å². The van der Waals surface area contributed by atoms with Gasteiger partial charge in [-0.2, -0.15) is 0 Å². The third kappa shape index (κ3) is 2.62. The number of H-pyrrole nitrogens is 1. The van der Waals surface area contributed by atoms with Gasteiger partial charge < -0.3 is 10.3 Å². The van der Waals surface area contributed by atoms with Crippen LogP contribution in [0.4, 0.5) is 10.2 Å². The van der Waals surface area contributed by atoms with Gasteiger partial charge in [0.15, 0.2) is 11.5 Å². The van der Waals surface area contributed by atoms with Gasteiger partial charge in [-0.3, -0.25) is 0 Å². The fourth-order valence-electron chi connectivity index (χ4n) is 2.33. The Balaban J connectivity index is 1.86. The molecule has 2 heterocycles. The van der Waals surface area contributed by atoms with Crippen LogP contribution in [0.1, 0.15) is 19.4 Å². The number of nitrogens with zero attached hydrogens (tertiary/aromatic N) is 3. The van der Waals surface area contributed by atoms with E-state index in [-0.39, 0.29) is 10.8 Å². The van der Waals surface area contributed by atoms with Crippen LogP contribution in [0.15, 0.2) is 30.9 Å². The van der Waals surface area contributed by atoms with Crippen molar-refractivity contribution in [2.75, 3.05) is 11.9 Å². The summed E-state index contributed by atoms with van der Waals surface area (Å²) < 4.78 is 14.2. The fourth-order valence-corrected chi connectivity index (χ4v) is 2.50. The minimum absolute atomic E-state index is 0.128. The Morgan fingerprint density at radius 2 is 2.09 bits per heavy atom. The minimum atomic E-state index is -0.466. The average molecular weight is 320 g/mol. The number of imidazole rings is 1. The Labute approximate surface area is 132 Å². The average Bonchev–Trinajstić information content (AvgIpc) is 2.97. The molecule has 0 saturated carbocycles. The van der Waals surface area contributed by atoms with E-state index in [1.54, 1.807) is 24.5 Å². The second-order valence-corrected chi connectivity index (χ2v) is 6.07. The predicted molar refractivity (Wildman–Crippen MR) is 84.6 cm³/mol. The summed E-state index contributed by atoms with van der Waals surface area (Å²) in [5.74, 6) is 0.253. The van der Waals surface area contributed by atoms with E-state index >= 15 is 0 Å². The summed E-state index contributed by atoms with van der Waals surface area (Å²) >= 11 is 5.87. The van der Waals surface area contributed by atoms with E-state index in [2.05, 4.69) is 25.3 Å². The van der Waals surface area contributed by atoms with Gasteiger partial charge in [0.05, 0.1) is 11.3 Å². The number of hydrogen-bond donors (Lipinski definition) is 2. The molecule has 0 atom stereocenters. The molecule has 0 unspecified atom stereocenters. The number of anilines is 1. The van der Waals surface area contributed by atoms with Crippen molar-refractivity contribution in [3.05, 3.63) is 47.3 Å². The molecule has 0 radical (unpaired) electrons. The van der Waals surface area contributed by atoms with Gasteiger partial charge in [0.25, 0.3) is 0 Å². The molecule has 0 spiro atoms. The summed E-state index contributed by atoms with van der Waals surface area (Å²) in [6, 6.07) is 5.04. The van der Waals surface area contributed by atoms with Gasteiger partial charge >= 0.3 is 0 Å². The van der Waals surface area contributed by atoms with E-state index in [9.17, 15) is 4.39 Å². The molecule has 0 fully saturated rings. The highest BCUT2D eigenvalue weighted by molar-refractivity contribution is 6.30. The standard InChI is InChI=1S/C15H15ClFN5/c1-15(2,9-4-3-5-10(16)11(9)17)6-18-13-12-14(20-7-19-12)22-8-21-13/h3-5,7-8H,6H2,1-2H3,(H2,18,19,20,21,22). The van der Waals surface area contributed by atoms with Crippen molar-refractivity contribution >= 4 is 28.6 Å². The lowest BCUT2D eigenvalue weighted by Gasteiger charge is -2.26. The van der Waals surface area contributed by atoms with Crippen LogP contribution in [0.25, 0.3) is 11.2 Å². The number of nitrogens with one attached hydrogen (secondary N) is 2. The molecule has 5 nitrogen and oxygen atoms in total. The topological polar surface area (TPSA) is 66.5 Å². The quantitative estimate of drug-likeness (QED) is 0.772. The Bertz CT molecular complexity index is 815. The summed E-state index contributed by atoms with van der Waals surface area (Å²) in [5.41, 5.74) is 1.41. The molecule has 22 heavy (non-hydrogen) atoms. The van der Waals surface area contributed by atoms with E-state index in [1.807, 2.05) is 13.8 Å². The summed E-state index contributed by atoms with van der Waals surface area (Å²) in [6.07, 6.45) is 3.00. The lowest BCUT2D eigenvalue weighted by atomic mass is 9.84. The van der Waals surface area contributed by atoms with Gasteiger partial charge in [0.1, 0.15) is 17.7 Å². The van der Waals surface area contributed by atoms with Crippen molar-refractivity contribution in [2.45, 2.75) is 19.3 Å². The molecule has 7 heteroatoms. The molecule has 3 rings (SSSR count). The zero-order valence-corrected chi connectivity index (χ0v) is 12.9. The second kappa shape index (κ2) is 5.53. The number of rotatable bonds is 4. The first-order chi connectivity index (χ1) is 10.5. The molecule has 3 aromatic rings. The van der Waals surface area contributed by atoms with Gasteiger partial charge in [0, 0.05) is 12.0 Å². The number of halogens is 2. The minimum Gasteiger partial charge on any atom is -0.367 e. The number of fused-ring (bicyclic) bond motifs is 1. The van der Waals surface area contributed by atoms with Crippen molar-refractivity contribution in [1.29, 1.82) is 0 Å². The third-order valence-corrected chi connectivity index (χ3v) is 3.89. The highest BCUT2D eigenvalue weighted by Crippen LogP contribution is 2.30. The number of hydrogen-bond acceptors (Lipinski definition) is 4. The number of aromatic amines is 1. The van der Waals surface area contributed by atoms with Gasteiger partial charge in [-0.05, 0) is 11.6 Å². The van der Waals surface area contributed by atoms with Gasteiger partial charge in [-0.15, -0.1) is 0 Å². The molecule has 0 aliphatic rings. The van der Waals surface area contributed by atoms with Gasteiger partial charge in [0.2, 0.25) is 0 Å². The normalized spacial score (nSPS) is 11.8. The largest absolute Gasteiger partial charge is 0.367 e. The van der Waals surface area contributed by atoms with Crippen molar-refractivity contribution in [1.82, 2.24) is 19.9 Å². The molecule has 2 aromatic heterocycles. The lowest BCUT2D eigenvalue weighted by molar-refractivity contribution is 0.504. The molecule has 114 valence electrons. The van der Waals surface area contributed by atoms with E-state index in [1.165, 1.54) is 6.33 Å². The summed E-state index contributed by atoms with van der Waals surface area (Å²) in [5, 5.41) is 3.36. The van der Waals surface area contributed by atoms with Crippen molar-refractivity contribution < 1.29 is 4.39 Å². The molecule has 0 aliphatic heterocycles. The van der Waals surface area contributed by atoms with E-state index in [4.69, 9.17) is 11.6 Å². The van der Waals surface area contributed by atoms with Crippen molar-refractivity contribution in [2.24, 2.45) is 0 Å². The monoisotopic (exact) mass is 319 g/mol. The Hall–Kier alpha value is -2.21. The van der Waals surface area contributed by atoms with Gasteiger partial charge in [-0.25, -0.2) is 19.3 Å². The van der Waals surface area contributed by atoms with Crippen LogP contribution in [0, 0.1) is 5.82 Å². The number of benzene rings is 1. The lowest BCUT2D eigenvalue weighted by Crippen LogP contribution is -2.29. The Morgan fingerprint density at radius 3 is 2.91 bits per heavy atom. The molecule has 0 aliphatic carbocycles. The first kappa shape index (κ1) is 14.7. The third-order valence-electron chi connectivity index (χ3n) is 3.60. The van der Waals surface area contributed by atoms with E-state index < -0.39 is 5.41 Å². The van der Waals surface area contributed by atoms with E-state index in [0.29, 0.717) is 23.6 Å². The zero-order chi connectivity index (χ0) is 15.7. The van der Waals surface area contributed by atoms with Crippen molar-refractivity contribution in [3.63, 3.8) is 0 Å². The molecule has 1 aromatic carbocycles. The SMILES string of the molecule is CC(C)(CNc1ncnc2nc[nH]c12)c1cccc(Cl)c1F. The molecular formula is C15H15ClFN5. The molecule has 2 N–H and O–H groups in total. The molecular weight excluding hydrogens is 305 g/mol. The van der Waals surface area contributed by atoms with Gasteiger partial charge in [-0.1, -0.05) is 37.6 Å². The van der Waals surface area contributed by atoms with Crippen LogP contribution >= 0.6 is 11.6 Å². The summed E-state index contributed by atoms with van der Waals surface area (Å²) in [7, 11) is 0. The van der Waals surface area contributed by atoms with Crippen LogP contribution in [-0.4, -0.2) is 26.5 Å². The maximum atomic E-state index is 14.2. The fraction of sp³-hybridized carbons (Fsp3) is 0.267. The Morgan fingerprint density at radius 1 is 1.27 bits per heavy atom. The maximum absolute atomic E-state index is 14.2. The van der Waals surface area contributed by atoms with Crippen LogP contribution in [0.2, 0.25) is 5.02 Å². The van der Waals surface area contributed by atoms with Crippen LogP contribution in [0.5, 0.6) is 0 Å². The molecule has 0 amide bonds. The maximum Gasteiger partial charge on any atom is 0.182 e. The summed E-state index contributed by atoms with van der Waals surface area (Å²) in [6.45, 7) is 4.37. The van der Waals surface area contributed by atoms with E-state index in [0.717, 1.165) is 5.52 Å². The van der Waals surface area contributed by atoms with Crippen LogP contribution in [0.3, 0.4) is 0 Å². The van der Waals surface area contributed by atoms with Crippen molar-refractivity contribution in [3.8, 4) is 0 Å². The first-order valence-electron chi connectivity index (χ1n) is 6.81. The smallest absolute Gasteiger partial charge is 0.182 e. The van der Waals surface area contributed by atoms with Crippen LogP contribution in [-0.2, 0) is 5.41 Å². The molecule has 0 saturated heterocycles. The summed E-state index contributed by atoms with van der Waals surface area (Å²) in [4.78, 5) is 15.3. The first-order valence-corrected chi connectivity index (χ1v) is 7.19. The second-order valence-electron chi connectivity index (χ2n) is 5.66. The number of aromatic nitrogens is 4. The zero-order valence-electron chi connectivity index (χ0n) is 12.2. The molecule has 0 bridgehead atoms. The Kier molecular flexibility index (Phi) is 3.70.